The van der Waals surface area contributed by atoms with Gasteiger partial charge in [0.05, 0.1) is 0 Å². The van der Waals surface area contributed by atoms with E-state index >= 15 is 0 Å². The van der Waals surface area contributed by atoms with Crippen LogP contribution in [0, 0.1) is 0 Å². The number of unbranched alkanes of at least 4 members (excludes halogenated alkanes) is 10. The van der Waals surface area contributed by atoms with Crippen molar-refractivity contribution in [1.82, 2.24) is 0 Å². The first-order valence-corrected chi connectivity index (χ1v) is 11.1. The summed E-state index contributed by atoms with van der Waals surface area (Å²) >= 11 is 0. The van der Waals surface area contributed by atoms with Crippen molar-refractivity contribution in [2.75, 3.05) is 5.32 Å². The van der Waals surface area contributed by atoms with Crippen molar-refractivity contribution in [3.8, 4) is 0 Å². The second-order valence-corrected chi connectivity index (χ2v) is 7.77. The fourth-order valence-corrected chi connectivity index (χ4v) is 3.30. The standard InChI is InChI=1S/C24H41NO/c1-4-6-7-8-9-10-11-12-13-14-15-16-24(26)25-23-19-17-22(18-20-23)21(3)5-2/h17-21H,4-16H2,1-3H3,(H,25,26)/t21-/m1/s1. The Bertz CT molecular complexity index is 466. The minimum Gasteiger partial charge on any atom is -0.326 e. The maximum atomic E-state index is 12.0. The van der Waals surface area contributed by atoms with E-state index in [4.69, 9.17) is 0 Å². The van der Waals surface area contributed by atoms with Crippen LogP contribution in [-0.2, 0) is 4.79 Å². The van der Waals surface area contributed by atoms with Crippen molar-refractivity contribution in [1.29, 1.82) is 0 Å². The molecule has 0 spiro atoms. The van der Waals surface area contributed by atoms with Crippen molar-refractivity contribution in [2.45, 2.75) is 110 Å². The van der Waals surface area contributed by atoms with Crippen LogP contribution in [0.15, 0.2) is 24.3 Å². The predicted molar refractivity (Wildman–Crippen MR) is 115 cm³/mol. The molecule has 0 fully saturated rings. The Morgan fingerprint density at radius 3 is 1.81 bits per heavy atom. The van der Waals surface area contributed by atoms with E-state index in [2.05, 4.69) is 38.2 Å². The van der Waals surface area contributed by atoms with E-state index < -0.39 is 0 Å². The second kappa shape index (κ2) is 14.8. The van der Waals surface area contributed by atoms with Crippen LogP contribution in [-0.4, -0.2) is 5.91 Å². The van der Waals surface area contributed by atoms with E-state index in [9.17, 15) is 4.79 Å². The molecule has 0 heterocycles. The third kappa shape index (κ3) is 10.6. The normalized spacial score (nSPS) is 12.1. The predicted octanol–water partition coefficient (Wildman–Crippen LogP) is 7.84. The number of anilines is 1. The number of rotatable bonds is 15. The fourth-order valence-electron chi connectivity index (χ4n) is 3.30. The molecule has 0 aliphatic carbocycles. The van der Waals surface area contributed by atoms with Crippen LogP contribution in [0.4, 0.5) is 5.69 Å². The smallest absolute Gasteiger partial charge is 0.224 e. The molecule has 0 saturated carbocycles. The van der Waals surface area contributed by atoms with E-state index in [1.807, 2.05) is 12.1 Å². The van der Waals surface area contributed by atoms with Crippen molar-refractivity contribution >= 4 is 11.6 Å². The summed E-state index contributed by atoms with van der Waals surface area (Å²) in [4.78, 5) is 12.0. The molecule has 0 radical (unpaired) electrons. The molecular formula is C24H41NO. The number of benzene rings is 1. The lowest BCUT2D eigenvalue weighted by molar-refractivity contribution is -0.116. The molecule has 1 rings (SSSR count). The highest BCUT2D eigenvalue weighted by atomic mass is 16.1. The van der Waals surface area contributed by atoms with Crippen molar-refractivity contribution in [3.63, 3.8) is 0 Å². The van der Waals surface area contributed by atoms with E-state index in [1.165, 1.54) is 69.8 Å². The molecule has 0 saturated heterocycles. The van der Waals surface area contributed by atoms with E-state index in [-0.39, 0.29) is 5.91 Å². The molecule has 1 aromatic carbocycles. The van der Waals surface area contributed by atoms with Crippen molar-refractivity contribution < 1.29 is 4.79 Å². The van der Waals surface area contributed by atoms with E-state index in [0.29, 0.717) is 12.3 Å². The lowest BCUT2D eigenvalue weighted by Gasteiger charge is -2.10. The highest BCUT2D eigenvalue weighted by Gasteiger charge is 2.05. The Morgan fingerprint density at radius 1 is 0.808 bits per heavy atom. The Morgan fingerprint density at radius 2 is 1.31 bits per heavy atom. The first-order valence-electron chi connectivity index (χ1n) is 11.1. The van der Waals surface area contributed by atoms with Gasteiger partial charge in [-0.1, -0.05) is 97.1 Å². The SMILES string of the molecule is CCCCCCCCCCCCCC(=O)Nc1ccc([C@H](C)CC)cc1. The van der Waals surface area contributed by atoms with Crippen LogP contribution < -0.4 is 5.32 Å². The van der Waals surface area contributed by atoms with Gasteiger partial charge in [-0.25, -0.2) is 0 Å². The maximum Gasteiger partial charge on any atom is 0.224 e. The Hall–Kier alpha value is -1.31. The highest BCUT2D eigenvalue weighted by molar-refractivity contribution is 5.90. The minimum absolute atomic E-state index is 0.150. The molecule has 2 heteroatoms. The summed E-state index contributed by atoms with van der Waals surface area (Å²) < 4.78 is 0. The van der Waals surface area contributed by atoms with E-state index in [0.717, 1.165) is 18.5 Å². The lowest BCUT2D eigenvalue weighted by atomic mass is 9.98. The van der Waals surface area contributed by atoms with Gasteiger partial charge in [0.1, 0.15) is 0 Å². The molecule has 1 aromatic rings. The molecule has 0 unspecified atom stereocenters. The van der Waals surface area contributed by atoms with Gasteiger partial charge in [0.2, 0.25) is 5.91 Å². The molecule has 1 atom stereocenters. The summed E-state index contributed by atoms with van der Waals surface area (Å²) in [6, 6.07) is 8.32. The summed E-state index contributed by atoms with van der Waals surface area (Å²) in [5.41, 5.74) is 2.26. The Balaban J connectivity index is 2.01. The van der Waals surface area contributed by atoms with Crippen molar-refractivity contribution in [3.05, 3.63) is 29.8 Å². The molecule has 1 N–H and O–H groups in total. The number of hydrogen-bond acceptors (Lipinski definition) is 1. The molecule has 0 aliphatic heterocycles. The largest absolute Gasteiger partial charge is 0.326 e. The molecule has 148 valence electrons. The minimum atomic E-state index is 0.150. The number of carbonyl (C=O) groups is 1. The second-order valence-electron chi connectivity index (χ2n) is 7.77. The lowest BCUT2D eigenvalue weighted by Crippen LogP contribution is -2.11. The van der Waals surface area contributed by atoms with Gasteiger partial charge in [0.25, 0.3) is 0 Å². The third-order valence-corrected chi connectivity index (χ3v) is 5.38. The number of hydrogen-bond donors (Lipinski definition) is 1. The summed E-state index contributed by atoms with van der Waals surface area (Å²) in [7, 11) is 0. The number of carbonyl (C=O) groups excluding carboxylic acids is 1. The van der Waals surface area contributed by atoms with Crippen LogP contribution in [0.25, 0.3) is 0 Å². The molecule has 2 nitrogen and oxygen atoms in total. The fraction of sp³-hybridized carbons (Fsp3) is 0.708. The monoisotopic (exact) mass is 359 g/mol. The van der Waals surface area contributed by atoms with Crippen LogP contribution >= 0.6 is 0 Å². The zero-order chi connectivity index (χ0) is 19.0. The average molecular weight is 360 g/mol. The molecule has 0 aliphatic rings. The summed E-state index contributed by atoms with van der Waals surface area (Å²) in [6.45, 7) is 6.71. The number of amides is 1. The van der Waals surface area contributed by atoms with Gasteiger partial charge >= 0.3 is 0 Å². The van der Waals surface area contributed by atoms with Gasteiger partial charge in [-0.15, -0.1) is 0 Å². The summed E-state index contributed by atoms with van der Waals surface area (Å²) in [5.74, 6) is 0.730. The first-order chi connectivity index (χ1) is 12.7. The van der Waals surface area contributed by atoms with Crippen molar-refractivity contribution in [2.24, 2.45) is 0 Å². The molecule has 26 heavy (non-hydrogen) atoms. The molecular weight excluding hydrogens is 318 g/mol. The van der Waals surface area contributed by atoms with Gasteiger partial charge in [-0.05, 0) is 36.5 Å². The highest BCUT2D eigenvalue weighted by Crippen LogP contribution is 2.20. The van der Waals surface area contributed by atoms with Gasteiger partial charge in [-0.2, -0.15) is 0 Å². The molecule has 0 bridgehead atoms. The van der Waals surface area contributed by atoms with Gasteiger partial charge < -0.3 is 5.32 Å². The van der Waals surface area contributed by atoms with E-state index in [1.54, 1.807) is 0 Å². The summed E-state index contributed by atoms with van der Waals surface area (Å²) in [5, 5.41) is 3.02. The average Bonchev–Trinajstić information content (AvgIpc) is 2.66. The van der Waals surface area contributed by atoms with Crippen LogP contribution in [0.3, 0.4) is 0 Å². The molecule has 0 aromatic heterocycles. The quantitative estimate of drug-likeness (QED) is 0.317. The Labute approximate surface area is 162 Å². The molecule has 1 amide bonds. The van der Waals surface area contributed by atoms with Crippen LogP contribution in [0.5, 0.6) is 0 Å². The third-order valence-electron chi connectivity index (χ3n) is 5.38. The summed E-state index contributed by atoms with van der Waals surface area (Å²) in [6.07, 6.45) is 16.3. The topological polar surface area (TPSA) is 29.1 Å². The Kier molecular flexibility index (Phi) is 13.0. The number of nitrogens with one attached hydrogen (secondary N) is 1. The van der Waals surface area contributed by atoms with Crippen LogP contribution in [0.2, 0.25) is 0 Å². The first kappa shape index (κ1) is 22.7. The zero-order valence-electron chi connectivity index (χ0n) is 17.5. The zero-order valence-corrected chi connectivity index (χ0v) is 17.5. The maximum absolute atomic E-state index is 12.0. The van der Waals surface area contributed by atoms with Gasteiger partial charge in [-0.3, -0.25) is 4.79 Å². The van der Waals surface area contributed by atoms with Gasteiger partial charge in [0, 0.05) is 12.1 Å². The van der Waals surface area contributed by atoms with Crippen LogP contribution in [0.1, 0.15) is 116 Å². The van der Waals surface area contributed by atoms with Gasteiger partial charge in [0.15, 0.2) is 0 Å².